The Kier molecular flexibility index (Phi) is 7.42. The second kappa shape index (κ2) is 8.83. The average molecular weight is 393 g/mol. The van der Waals surface area contributed by atoms with Crippen LogP contribution in [-0.2, 0) is 16.1 Å². The lowest BCUT2D eigenvalue weighted by molar-refractivity contribution is -0.685. The van der Waals surface area contributed by atoms with Crippen LogP contribution in [0, 0.1) is 20.8 Å². The second-order valence-corrected chi connectivity index (χ2v) is 6.05. The summed E-state index contributed by atoms with van der Waals surface area (Å²) in [6.45, 7) is 12.8. The Hall–Kier alpha value is -1.88. The molecule has 2 aromatic rings. The lowest BCUT2D eigenvalue weighted by atomic mass is 9.99. The molecule has 0 saturated heterocycles. The van der Waals surface area contributed by atoms with Gasteiger partial charge < -0.3 is 21.7 Å². The van der Waals surface area contributed by atoms with E-state index in [1.165, 1.54) is 22.3 Å². The summed E-state index contributed by atoms with van der Waals surface area (Å²) in [5, 5.41) is 0. The van der Waals surface area contributed by atoms with Crippen molar-refractivity contribution in [3.8, 4) is 11.4 Å². The molecule has 0 aliphatic rings. The smallest absolute Gasteiger partial charge is 0.333 e. The topological polar surface area (TPSA) is 46.0 Å². The van der Waals surface area contributed by atoms with Gasteiger partial charge in [-0.3, -0.25) is 0 Å². The van der Waals surface area contributed by atoms with Gasteiger partial charge in [0.2, 0.25) is 0 Å². The maximum absolute atomic E-state index is 11.4. The van der Waals surface area contributed by atoms with Gasteiger partial charge >= 0.3 is 5.97 Å². The molecule has 5 heteroatoms. The number of halogens is 1. The zero-order valence-corrected chi connectivity index (χ0v) is 16.4. The van der Waals surface area contributed by atoms with E-state index in [9.17, 15) is 4.79 Å². The highest BCUT2D eigenvalue weighted by Gasteiger charge is 2.18. The third-order valence-corrected chi connectivity index (χ3v) is 3.80. The van der Waals surface area contributed by atoms with Crippen molar-refractivity contribution in [2.45, 2.75) is 40.7 Å². The quantitative estimate of drug-likeness (QED) is 0.335. The number of aromatic amines is 1. The summed E-state index contributed by atoms with van der Waals surface area (Å²) in [6, 6.07) is 4.39. The minimum Gasteiger partial charge on any atom is -1.00 e. The molecule has 4 nitrogen and oxygen atoms in total. The van der Waals surface area contributed by atoms with Crippen molar-refractivity contribution >= 4 is 5.97 Å². The minimum absolute atomic E-state index is 0. The van der Waals surface area contributed by atoms with E-state index < -0.39 is 0 Å². The molecule has 0 fully saturated rings. The number of ether oxygens (including phenoxy) is 1. The van der Waals surface area contributed by atoms with Gasteiger partial charge in [-0.2, -0.15) is 0 Å². The van der Waals surface area contributed by atoms with E-state index in [4.69, 9.17) is 4.74 Å². The summed E-state index contributed by atoms with van der Waals surface area (Å²) >= 11 is 0. The van der Waals surface area contributed by atoms with E-state index in [2.05, 4.69) is 49.0 Å². The van der Waals surface area contributed by atoms with Gasteiger partial charge in [0.05, 0.1) is 18.7 Å². The predicted octanol–water partition coefficient (Wildman–Crippen LogP) is 0.408. The number of carbonyl (C=O) groups is 1. The monoisotopic (exact) mass is 392 g/mol. The van der Waals surface area contributed by atoms with E-state index in [1.807, 2.05) is 12.4 Å². The molecule has 24 heavy (non-hydrogen) atoms. The number of hydrogen-bond donors (Lipinski definition) is 1. The Bertz CT molecular complexity index is 712. The summed E-state index contributed by atoms with van der Waals surface area (Å²) < 4.78 is 7.31. The number of imidazole rings is 1. The van der Waals surface area contributed by atoms with Gasteiger partial charge in [0.1, 0.15) is 12.4 Å². The van der Waals surface area contributed by atoms with Crippen LogP contribution in [0.3, 0.4) is 0 Å². The van der Waals surface area contributed by atoms with Gasteiger partial charge in [0.25, 0.3) is 5.82 Å². The fourth-order valence-electron chi connectivity index (χ4n) is 2.84. The molecule has 0 aliphatic heterocycles. The van der Waals surface area contributed by atoms with Crippen molar-refractivity contribution in [2.24, 2.45) is 0 Å². The SMILES string of the molecule is C=C(C)C(=O)OCCC[n+]1cc[nH]c1-c1c(C)cc(C)cc1C.[Br-]. The largest absolute Gasteiger partial charge is 1.00 e. The van der Waals surface area contributed by atoms with Crippen molar-refractivity contribution in [1.29, 1.82) is 0 Å². The van der Waals surface area contributed by atoms with Gasteiger partial charge in [-0.15, -0.1) is 0 Å². The van der Waals surface area contributed by atoms with Crippen LogP contribution in [-0.4, -0.2) is 17.6 Å². The Balaban J connectivity index is 0.00000288. The number of rotatable bonds is 6. The first-order chi connectivity index (χ1) is 10.9. The number of carbonyl (C=O) groups excluding carboxylic acids is 1. The number of nitrogens with one attached hydrogen (secondary N) is 1. The number of aryl methyl sites for hydroxylation is 4. The van der Waals surface area contributed by atoms with Gasteiger partial charge in [-0.1, -0.05) is 24.3 Å². The van der Waals surface area contributed by atoms with Gasteiger partial charge in [-0.25, -0.2) is 14.3 Å². The summed E-state index contributed by atoms with van der Waals surface area (Å²) in [4.78, 5) is 14.7. The summed E-state index contributed by atoms with van der Waals surface area (Å²) in [5.74, 6) is 0.765. The van der Waals surface area contributed by atoms with E-state index >= 15 is 0 Å². The zero-order valence-electron chi connectivity index (χ0n) is 14.8. The van der Waals surface area contributed by atoms with Crippen molar-refractivity contribution < 1.29 is 31.1 Å². The Morgan fingerprint density at radius 1 is 1.25 bits per heavy atom. The van der Waals surface area contributed by atoms with Gasteiger partial charge in [0.15, 0.2) is 0 Å². The molecule has 0 aliphatic carbocycles. The molecule has 130 valence electrons. The number of aromatic nitrogens is 2. The van der Waals surface area contributed by atoms with Crippen molar-refractivity contribution in [3.63, 3.8) is 0 Å². The molecule has 1 N–H and O–H groups in total. The Morgan fingerprint density at radius 2 is 1.88 bits per heavy atom. The number of nitrogens with zero attached hydrogens (tertiary/aromatic N) is 1. The second-order valence-electron chi connectivity index (χ2n) is 6.05. The first-order valence-electron chi connectivity index (χ1n) is 7.88. The standard InChI is InChI=1S/C19H24N2O2.BrH/c1-13(2)19(22)23-10-6-8-21-9-7-20-18(21)17-15(4)11-14(3)12-16(17)5;/h7,9,11-12H,1,6,8,10H2,2-5H3;1H. The highest BCUT2D eigenvalue weighted by Crippen LogP contribution is 2.24. The lowest BCUT2D eigenvalue weighted by Gasteiger charge is -2.09. The number of esters is 1. The Morgan fingerprint density at radius 3 is 2.46 bits per heavy atom. The normalized spacial score (nSPS) is 10.2. The highest BCUT2D eigenvalue weighted by atomic mass is 79.9. The molecule has 0 saturated carbocycles. The van der Waals surface area contributed by atoms with Crippen LogP contribution >= 0.6 is 0 Å². The molecule has 0 bridgehead atoms. The molecular weight excluding hydrogens is 368 g/mol. The van der Waals surface area contributed by atoms with Crippen LogP contribution in [0.2, 0.25) is 0 Å². The maximum atomic E-state index is 11.4. The number of benzene rings is 1. The summed E-state index contributed by atoms with van der Waals surface area (Å²) in [7, 11) is 0. The number of hydrogen-bond acceptors (Lipinski definition) is 2. The summed E-state index contributed by atoms with van der Waals surface area (Å²) in [5.41, 5.74) is 5.46. The van der Waals surface area contributed by atoms with Crippen LogP contribution in [0.4, 0.5) is 0 Å². The average Bonchev–Trinajstić information content (AvgIpc) is 2.90. The Labute approximate surface area is 154 Å². The fraction of sp³-hybridized carbons (Fsp3) is 0.368. The molecule has 0 atom stereocenters. The van der Waals surface area contributed by atoms with Crippen molar-refractivity contribution in [1.82, 2.24) is 4.98 Å². The lowest BCUT2D eigenvalue weighted by Crippen LogP contribution is -3.00. The molecule has 0 amide bonds. The van der Waals surface area contributed by atoms with Crippen LogP contribution in [0.5, 0.6) is 0 Å². The third kappa shape index (κ3) is 4.81. The fourth-order valence-corrected chi connectivity index (χ4v) is 2.84. The molecule has 0 unspecified atom stereocenters. The molecule has 1 heterocycles. The van der Waals surface area contributed by atoms with Gasteiger partial charge in [-0.05, 0) is 38.8 Å². The van der Waals surface area contributed by atoms with E-state index in [-0.39, 0.29) is 23.0 Å². The van der Waals surface area contributed by atoms with Crippen LogP contribution in [0.15, 0.2) is 36.7 Å². The predicted molar refractivity (Wildman–Crippen MR) is 91.0 cm³/mol. The van der Waals surface area contributed by atoms with Crippen LogP contribution < -0.4 is 21.5 Å². The van der Waals surface area contributed by atoms with Crippen LogP contribution in [0.25, 0.3) is 11.4 Å². The van der Waals surface area contributed by atoms with Crippen molar-refractivity contribution in [3.05, 3.63) is 53.4 Å². The molecule has 0 spiro atoms. The number of H-pyrrole nitrogens is 1. The maximum Gasteiger partial charge on any atom is 0.333 e. The highest BCUT2D eigenvalue weighted by molar-refractivity contribution is 5.86. The third-order valence-electron chi connectivity index (χ3n) is 3.80. The molecular formula is C19H25BrN2O2. The minimum atomic E-state index is -0.325. The van der Waals surface area contributed by atoms with E-state index in [1.54, 1.807) is 6.92 Å². The molecule has 1 aromatic heterocycles. The molecule has 1 aromatic carbocycles. The van der Waals surface area contributed by atoms with Crippen LogP contribution in [0.1, 0.15) is 30.0 Å². The first-order valence-corrected chi connectivity index (χ1v) is 7.88. The van der Waals surface area contributed by atoms with Gasteiger partial charge in [0, 0.05) is 12.0 Å². The van der Waals surface area contributed by atoms with E-state index in [0.717, 1.165) is 18.8 Å². The van der Waals surface area contributed by atoms with Crippen molar-refractivity contribution in [2.75, 3.05) is 6.61 Å². The summed E-state index contributed by atoms with van der Waals surface area (Å²) in [6.07, 6.45) is 4.72. The molecule has 2 rings (SSSR count). The molecule has 0 radical (unpaired) electrons. The van der Waals surface area contributed by atoms with E-state index in [0.29, 0.717) is 12.2 Å². The zero-order chi connectivity index (χ0) is 17.0. The first kappa shape index (κ1) is 20.2.